The summed E-state index contributed by atoms with van der Waals surface area (Å²) in [5, 5.41) is 5.90. The lowest BCUT2D eigenvalue weighted by Gasteiger charge is -2.12. The molecule has 1 rings (SSSR count). The molecule has 0 aliphatic heterocycles. The van der Waals surface area contributed by atoms with Gasteiger partial charge in [0.15, 0.2) is 11.5 Å². The Hall–Kier alpha value is -1.75. The largest absolute Gasteiger partial charge is 0.493 e. The van der Waals surface area contributed by atoms with E-state index in [1.807, 2.05) is 18.2 Å². The molecule has 0 unspecified atom stereocenters. The van der Waals surface area contributed by atoms with Crippen LogP contribution < -0.4 is 20.1 Å². The molecule has 0 spiro atoms. The summed E-state index contributed by atoms with van der Waals surface area (Å²) in [7, 11) is 3.23. The summed E-state index contributed by atoms with van der Waals surface area (Å²) < 4.78 is 10.9. The van der Waals surface area contributed by atoms with E-state index in [2.05, 4.69) is 17.6 Å². The average molecular weight is 280 g/mol. The molecule has 20 heavy (non-hydrogen) atoms. The van der Waals surface area contributed by atoms with Crippen LogP contribution in [-0.4, -0.2) is 33.2 Å². The van der Waals surface area contributed by atoms with Crippen LogP contribution in [0.2, 0.25) is 0 Å². The van der Waals surface area contributed by atoms with Crippen LogP contribution in [0.4, 0.5) is 0 Å². The van der Waals surface area contributed by atoms with Gasteiger partial charge in [-0.25, -0.2) is 0 Å². The first-order valence-electron chi connectivity index (χ1n) is 6.92. The smallest absolute Gasteiger partial charge is 0.223 e. The van der Waals surface area contributed by atoms with Crippen molar-refractivity contribution in [1.82, 2.24) is 10.6 Å². The van der Waals surface area contributed by atoms with Crippen LogP contribution in [-0.2, 0) is 11.3 Å². The third-order valence-corrected chi connectivity index (χ3v) is 2.85. The first kappa shape index (κ1) is 16.3. The van der Waals surface area contributed by atoms with E-state index in [-0.39, 0.29) is 5.91 Å². The summed E-state index contributed by atoms with van der Waals surface area (Å²) in [6, 6.07) is 5.84. The fourth-order valence-electron chi connectivity index (χ4n) is 1.73. The number of carbonyl (C=O) groups excluding carboxylic acids is 1. The molecule has 0 aliphatic rings. The van der Waals surface area contributed by atoms with Gasteiger partial charge >= 0.3 is 0 Å². The van der Waals surface area contributed by atoms with E-state index in [9.17, 15) is 4.79 Å². The highest BCUT2D eigenvalue weighted by Gasteiger charge is 2.07. The molecule has 2 N–H and O–H groups in total. The van der Waals surface area contributed by atoms with Crippen LogP contribution in [0.5, 0.6) is 11.5 Å². The average Bonchev–Trinajstić information content (AvgIpc) is 2.48. The standard InChI is InChI=1S/C15H24N2O3/c1-4-8-17-11-12-5-6-13(14(10-12)19-3)20-9-7-15(18)16-2/h5-6,10,17H,4,7-9,11H2,1-3H3,(H,16,18). The van der Waals surface area contributed by atoms with Crippen LogP contribution in [0.1, 0.15) is 25.3 Å². The van der Waals surface area contributed by atoms with E-state index in [1.165, 1.54) is 0 Å². The number of hydrogen-bond acceptors (Lipinski definition) is 4. The Bertz CT molecular complexity index is 422. The first-order valence-corrected chi connectivity index (χ1v) is 6.92. The molecule has 0 aliphatic carbocycles. The number of carbonyl (C=O) groups is 1. The molecular weight excluding hydrogens is 256 g/mol. The fraction of sp³-hybridized carbons (Fsp3) is 0.533. The van der Waals surface area contributed by atoms with Crippen LogP contribution in [0, 0.1) is 0 Å². The number of methoxy groups -OCH3 is 1. The van der Waals surface area contributed by atoms with Gasteiger partial charge in [-0.1, -0.05) is 13.0 Å². The van der Waals surface area contributed by atoms with Gasteiger partial charge in [0, 0.05) is 13.6 Å². The fourth-order valence-corrected chi connectivity index (χ4v) is 1.73. The predicted molar refractivity (Wildman–Crippen MR) is 79.2 cm³/mol. The van der Waals surface area contributed by atoms with Gasteiger partial charge in [-0.05, 0) is 30.7 Å². The minimum Gasteiger partial charge on any atom is -0.493 e. The maximum Gasteiger partial charge on any atom is 0.223 e. The molecule has 0 atom stereocenters. The summed E-state index contributed by atoms with van der Waals surface area (Å²) in [5.41, 5.74) is 1.15. The van der Waals surface area contributed by atoms with Crippen LogP contribution in [0.3, 0.4) is 0 Å². The molecule has 1 amide bonds. The summed E-state index contributed by atoms with van der Waals surface area (Å²) in [6.07, 6.45) is 1.44. The first-order chi connectivity index (χ1) is 9.71. The van der Waals surface area contributed by atoms with Crippen molar-refractivity contribution in [2.45, 2.75) is 26.3 Å². The summed E-state index contributed by atoms with van der Waals surface area (Å²) >= 11 is 0. The second kappa shape index (κ2) is 9.20. The number of ether oxygens (including phenoxy) is 2. The second-order valence-corrected chi connectivity index (χ2v) is 4.43. The van der Waals surface area contributed by atoms with Gasteiger partial charge in [-0.2, -0.15) is 0 Å². The Kier molecular flexibility index (Phi) is 7.50. The third-order valence-electron chi connectivity index (χ3n) is 2.85. The second-order valence-electron chi connectivity index (χ2n) is 4.43. The number of rotatable bonds is 9. The minimum absolute atomic E-state index is 0.0376. The SMILES string of the molecule is CCCNCc1ccc(OCCC(=O)NC)c(OC)c1. The Morgan fingerprint density at radius 2 is 2.10 bits per heavy atom. The molecule has 1 aromatic rings. The highest BCUT2D eigenvalue weighted by atomic mass is 16.5. The van der Waals surface area contributed by atoms with Crippen LogP contribution in [0.15, 0.2) is 18.2 Å². The van der Waals surface area contributed by atoms with Crippen molar-refractivity contribution < 1.29 is 14.3 Å². The van der Waals surface area contributed by atoms with Crippen molar-refractivity contribution in [3.8, 4) is 11.5 Å². The molecule has 0 fully saturated rings. The lowest BCUT2D eigenvalue weighted by Crippen LogP contribution is -2.20. The summed E-state index contributed by atoms with van der Waals surface area (Å²) in [4.78, 5) is 11.1. The number of benzene rings is 1. The van der Waals surface area contributed by atoms with Gasteiger partial charge < -0.3 is 20.1 Å². The van der Waals surface area contributed by atoms with Crippen molar-refractivity contribution in [2.24, 2.45) is 0 Å². The molecule has 0 aromatic heterocycles. The highest BCUT2D eigenvalue weighted by molar-refractivity contribution is 5.75. The van der Waals surface area contributed by atoms with Gasteiger partial charge in [0.25, 0.3) is 0 Å². The van der Waals surface area contributed by atoms with Crippen molar-refractivity contribution in [1.29, 1.82) is 0 Å². The topological polar surface area (TPSA) is 59.6 Å². The Balaban J connectivity index is 2.56. The van der Waals surface area contributed by atoms with E-state index < -0.39 is 0 Å². The monoisotopic (exact) mass is 280 g/mol. The van der Waals surface area contributed by atoms with Gasteiger partial charge in [-0.15, -0.1) is 0 Å². The van der Waals surface area contributed by atoms with Crippen LogP contribution >= 0.6 is 0 Å². The maximum absolute atomic E-state index is 11.1. The molecular formula is C15H24N2O3. The van der Waals surface area contributed by atoms with Crippen molar-refractivity contribution in [2.75, 3.05) is 27.3 Å². The quantitative estimate of drug-likeness (QED) is 0.676. The zero-order valence-electron chi connectivity index (χ0n) is 12.5. The lowest BCUT2D eigenvalue weighted by molar-refractivity contribution is -0.121. The maximum atomic E-state index is 11.1. The van der Waals surface area contributed by atoms with Gasteiger partial charge in [0.05, 0.1) is 20.1 Å². The molecule has 1 aromatic carbocycles. The molecule has 112 valence electrons. The Morgan fingerprint density at radius 1 is 1.30 bits per heavy atom. The molecule has 5 heteroatoms. The number of amides is 1. The predicted octanol–water partition coefficient (Wildman–Crippen LogP) is 1.71. The van der Waals surface area contributed by atoms with Gasteiger partial charge in [0.1, 0.15) is 0 Å². The van der Waals surface area contributed by atoms with E-state index in [1.54, 1.807) is 14.2 Å². The summed E-state index contributed by atoms with van der Waals surface area (Å²) in [6.45, 7) is 4.27. The highest BCUT2D eigenvalue weighted by Crippen LogP contribution is 2.28. The van der Waals surface area contributed by atoms with E-state index in [4.69, 9.17) is 9.47 Å². The number of hydrogen-bond donors (Lipinski definition) is 2. The van der Waals surface area contributed by atoms with Crippen molar-refractivity contribution >= 4 is 5.91 Å². The van der Waals surface area contributed by atoms with Crippen LogP contribution in [0.25, 0.3) is 0 Å². The zero-order valence-corrected chi connectivity index (χ0v) is 12.5. The minimum atomic E-state index is -0.0376. The molecule has 0 radical (unpaired) electrons. The Labute approximate surface area is 120 Å². The molecule has 0 bridgehead atoms. The molecule has 0 saturated heterocycles. The number of nitrogens with one attached hydrogen (secondary N) is 2. The van der Waals surface area contributed by atoms with E-state index in [0.29, 0.717) is 24.5 Å². The lowest BCUT2D eigenvalue weighted by atomic mass is 10.2. The normalized spacial score (nSPS) is 10.2. The van der Waals surface area contributed by atoms with E-state index in [0.717, 1.165) is 25.1 Å². The summed E-state index contributed by atoms with van der Waals surface area (Å²) in [5.74, 6) is 1.32. The molecule has 0 saturated carbocycles. The van der Waals surface area contributed by atoms with Gasteiger partial charge in [0.2, 0.25) is 5.91 Å². The van der Waals surface area contributed by atoms with E-state index >= 15 is 0 Å². The third kappa shape index (κ3) is 5.48. The Morgan fingerprint density at radius 3 is 2.75 bits per heavy atom. The van der Waals surface area contributed by atoms with Gasteiger partial charge in [-0.3, -0.25) is 4.79 Å². The molecule has 0 heterocycles. The van der Waals surface area contributed by atoms with Crippen molar-refractivity contribution in [3.63, 3.8) is 0 Å². The van der Waals surface area contributed by atoms with Crippen molar-refractivity contribution in [3.05, 3.63) is 23.8 Å². The zero-order chi connectivity index (χ0) is 14.8. The molecule has 5 nitrogen and oxygen atoms in total.